The maximum Gasteiger partial charge on any atom is 0.179 e. The van der Waals surface area contributed by atoms with Crippen LogP contribution >= 0.6 is 0 Å². The lowest BCUT2D eigenvalue weighted by Crippen LogP contribution is -2.08. The third-order valence-corrected chi connectivity index (χ3v) is 4.35. The Labute approximate surface area is 153 Å². The number of hydrogen-bond acceptors (Lipinski definition) is 7. The van der Waals surface area contributed by atoms with E-state index in [-0.39, 0.29) is 5.82 Å². The lowest BCUT2D eigenvalue weighted by Gasteiger charge is -2.12. The van der Waals surface area contributed by atoms with Crippen molar-refractivity contribution in [2.75, 3.05) is 16.4 Å². The van der Waals surface area contributed by atoms with E-state index in [1.807, 2.05) is 6.07 Å². The van der Waals surface area contributed by atoms with E-state index < -0.39 is 0 Å². The Kier molecular flexibility index (Phi) is 3.42. The van der Waals surface area contributed by atoms with Crippen molar-refractivity contribution < 1.29 is 4.39 Å². The van der Waals surface area contributed by atoms with Gasteiger partial charge in [0.15, 0.2) is 11.5 Å². The molecule has 0 radical (unpaired) electrons. The predicted octanol–water partition coefficient (Wildman–Crippen LogP) is 2.35. The summed E-state index contributed by atoms with van der Waals surface area (Å²) < 4.78 is 17.2. The highest BCUT2D eigenvalue weighted by Crippen LogP contribution is 2.30. The van der Waals surface area contributed by atoms with Crippen LogP contribution in [0.1, 0.15) is 12.8 Å². The molecule has 10 heteroatoms. The molecule has 0 atom stereocenters. The first kappa shape index (κ1) is 15.6. The van der Waals surface area contributed by atoms with Gasteiger partial charge in [0, 0.05) is 17.8 Å². The first-order valence-corrected chi connectivity index (χ1v) is 8.50. The van der Waals surface area contributed by atoms with Crippen LogP contribution in [0.2, 0.25) is 0 Å². The molecule has 0 amide bonds. The van der Waals surface area contributed by atoms with Crippen LogP contribution < -0.4 is 16.4 Å². The van der Waals surface area contributed by atoms with Crippen molar-refractivity contribution in [3.05, 3.63) is 48.9 Å². The number of rotatable bonds is 5. The van der Waals surface area contributed by atoms with Crippen LogP contribution in [0.5, 0.6) is 0 Å². The Morgan fingerprint density at radius 3 is 2.74 bits per heavy atom. The zero-order valence-electron chi connectivity index (χ0n) is 14.2. The van der Waals surface area contributed by atoms with Gasteiger partial charge in [-0.3, -0.25) is 4.57 Å². The Bertz CT molecular complexity index is 1120. The van der Waals surface area contributed by atoms with Crippen molar-refractivity contribution in [3.63, 3.8) is 0 Å². The summed E-state index contributed by atoms with van der Waals surface area (Å²) >= 11 is 0. The summed E-state index contributed by atoms with van der Waals surface area (Å²) in [6.45, 7) is 0. The van der Waals surface area contributed by atoms with Crippen LogP contribution in [-0.4, -0.2) is 35.4 Å². The minimum atomic E-state index is -0.376. The Balaban J connectivity index is 1.52. The molecule has 3 heterocycles. The minimum Gasteiger partial charge on any atom is -0.382 e. The average Bonchev–Trinajstić information content (AvgIpc) is 3.15. The molecule has 1 aromatic carbocycles. The van der Waals surface area contributed by atoms with Gasteiger partial charge in [-0.05, 0) is 31.0 Å². The maximum atomic E-state index is 14.1. The second-order valence-corrected chi connectivity index (χ2v) is 6.44. The summed E-state index contributed by atoms with van der Waals surface area (Å²) in [6.07, 6.45) is 6.72. The number of halogens is 1. The third kappa shape index (κ3) is 2.90. The minimum absolute atomic E-state index is 0.338. The number of fused-ring (bicyclic) bond motifs is 1. The largest absolute Gasteiger partial charge is 0.382 e. The molecule has 0 bridgehead atoms. The second kappa shape index (κ2) is 5.94. The van der Waals surface area contributed by atoms with Crippen molar-refractivity contribution >= 4 is 28.7 Å². The van der Waals surface area contributed by atoms with E-state index in [0.29, 0.717) is 34.7 Å². The van der Waals surface area contributed by atoms with Crippen molar-refractivity contribution in [1.82, 2.24) is 29.4 Å². The smallest absolute Gasteiger partial charge is 0.179 e. The Morgan fingerprint density at radius 1 is 1.15 bits per heavy atom. The first-order chi connectivity index (χ1) is 13.2. The van der Waals surface area contributed by atoms with Gasteiger partial charge >= 0.3 is 0 Å². The standard InChI is InChI=1S/C17H16FN9/c18-12-4-3-11(5-14(12)26-8-21-22-9-26)24-16-6-13(23-10-1-2-10)17-20-7-15(19)27(17)25-16/h3-10,23H,1-2,19H2,(H,24,25). The highest BCUT2D eigenvalue weighted by molar-refractivity contribution is 5.74. The van der Waals surface area contributed by atoms with E-state index in [9.17, 15) is 4.39 Å². The monoisotopic (exact) mass is 365 g/mol. The summed E-state index contributed by atoms with van der Waals surface area (Å²) in [5, 5.41) is 18.6. The first-order valence-electron chi connectivity index (χ1n) is 8.50. The molecule has 1 aliphatic carbocycles. The summed E-state index contributed by atoms with van der Waals surface area (Å²) in [6, 6.07) is 7.01. The fraction of sp³-hybridized carbons (Fsp3) is 0.176. The molecule has 136 valence electrons. The molecule has 0 spiro atoms. The molecule has 27 heavy (non-hydrogen) atoms. The molecule has 4 N–H and O–H groups in total. The van der Waals surface area contributed by atoms with Crippen LogP contribution in [0.15, 0.2) is 43.1 Å². The number of nitrogen functional groups attached to an aromatic ring is 1. The molecular formula is C17H16FN9. The molecule has 3 aromatic heterocycles. The van der Waals surface area contributed by atoms with E-state index in [1.54, 1.807) is 22.8 Å². The number of aromatic nitrogens is 6. The highest BCUT2D eigenvalue weighted by atomic mass is 19.1. The van der Waals surface area contributed by atoms with Gasteiger partial charge in [0.1, 0.15) is 24.3 Å². The van der Waals surface area contributed by atoms with Gasteiger partial charge in [-0.15, -0.1) is 15.3 Å². The van der Waals surface area contributed by atoms with Crippen LogP contribution in [0, 0.1) is 5.82 Å². The van der Waals surface area contributed by atoms with Crippen molar-refractivity contribution in [1.29, 1.82) is 0 Å². The van der Waals surface area contributed by atoms with E-state index >= 15 is 0 Å². The molecule has 0 saturated heterocycles. The lowest BCUT2D eigenvalue weighted by molar-refractivity contribution is 0.618. The van der Waals surface area contributed by atoms with Crippen molar-refractivity contribution in [2.24, 2.45) is 0 Å². The molecule has 1 saturated carbocycles. The van der Waals surface area contributed by atoms with Gasteiger partial charge in [0.2, 0.25) is 0 Å². The Hall–Kier alpha value is -3.69. The summed E-state index contributed by atoms with van der Waals surface area (Å²) in [5.41, 5.74) is 8.51. The number of imidazole rings is 1. The van der Waals surface area contributed by atoms with Crippen molar-refractivity contribution in [3.8, 4) is 5.69 Å². The molecule has 4 aromatic rings. The molecule has 0 unspecified atom stereocenters. The molecule has 1 fully saturated rings. The topological polar surface area (TPSA) is 111 Å². The SMILES string of the molecule is Nc1cnc2c(NC3CC3)cc(Nc3ccc(F)c(-n4cnnc4)c3)nn12. The zero-order valence-corrected chi connectivity index (χ0v) is 14.2. The number of benzene rings is 1. The van der Waals surface area contributed by atoms with Crippen LogP contribution in [0.4, 0.5) is 27.4 Å². The van der Waals surface area contributed by atoms with E-state index in [2.05, 4.69) is 30.9 Å². The fourth-order valence-corrected chi connectivity index (χ4v) is 2.86. The summed E-state index contributed by atoms with van der Waals surface area (Å²) in [5.74, 6) is 0.632. The number of nitrogens with two attached hydrogens (primary N) is 1. The predicted molar refractivity (Wildman–Crippen MR) is 98.6 cm³/mol. The normalized spacial score (nSPS) is 13.8. The van der Waals surface area contributed by atoms with Gasteiger partial charge in [-0.2, -0.15) is 4.52 Å². The summed E-state index contributed by atoms with van der Waals surface area (Å²) in [7, 11) is 0. The number of nitrogens with one attached hydrogen (secondary N) is 2. The third-order valence-electron chi connectivity index (χ3n) is 4.35. The van der Waals surface area contributed by atoms with E-state index in [1.165, 1.54) is 23.3 Å². The average molecular weight is 365 g/mol. The highest BCUT2D eigenvalue weighted by Gasteiger charge is 2.23. The number of nitrogens with zero attached hydrogens (tertiary/aromatic N) is 6. The molecule has 0 aliphatic heterocycles. The fourth-order valence-electron chi connectivity index (χ4n) is 2.86. The number of hydrogen-bond donors (Lipinski definition) is 3. The molecule has 5 rings (SSSR count). The van der Waals surface area contributed by atoms with Gasteiger partial charge in [-0.1, -0.05) is 0 Å². The van der Waals surface area contributed by atoms with Gasteiger partial charge in [0.05, 0.1) is 17.6 Å². The quantitative estimate of drug-likeness (QED) is 0.498. The zero-order chi connectivity index (χ0) is 18.4. The van der Waals surface area contributed by atoms with Crippen LogP contribution in [0.3, 0.4) is 0 Å². The van der Waals surface area contributed by atoms with Crippen LogP contribution in [-0.2, 0) is 0 Å². The molecule has 9 nitrogen and oxygen atoms in total. The van der Waals surface area contributed by atoms with E-state index in [0.717, 1.165) is 18.5 Å². The van der Waals surface area contributed by atoms with Crippen LogP contribution in [0.25, 0.3) is 11.3 Å². The van der Waals surface area contributed by atoms with Gasteiger partial charge in [-0.25, -0.2) is 9.37 Å². The lowest BCUT2D eigenvalue weighted by atomic mass is 10.2. The van der Waals surface area contributed by atoms with Gasteiger partial charge < -0.3 is 16.4 Å². The Morgan fingerprint density at radius 2 is 1.96 bits per heavy atom. The summed E-state index contributed by atoms with van der Waals surface area (Å²) in [4.78, 5) is 4.33. The number of anilines is 4. The molecule has 1 aliphatic rings. The second-order valence-electron chi connectivity index (χ2n) is 6.44. The van der Waals surface area contributed by atoms with E-state index in [4.69, 9.17) is 5.73 Å². The van der Waals surface area contributed by atoms with Crippen molar-refractivity contribution in [2.45, 2.75) is 18.9 Å². The maximum absolute atomic E-state index is 14.1. The van der Waals surface area contributed by atoms with Gasteiger partial charge in [0.25, 0.3) is 0 Å². The molecular weight excluding hydrogens is 349 g/mol.